The molecular formula is C23H28N4O. The van der Waals surface area contributed by atoms with Gasteiger partial charge in [0.05, 0.1) is 11.3 Å². The lowest BCUT2D eigenvalue weighted by atomic mass is 10.1. The summed E-state index contributed by atoms with van der Waals surface area (Å²) < 4.78 is 2.04. The number of rotatable bonds is 3. The highest BCUT2D eigenvalue weighted by Crippen LogP contribution is 2.24. The van der Waals surface area contributed by atoms with Gasteiger partial charge in [0, 0.05) is 43.8 Å². The molecule has 1 aliphatic heterocycles. The molecule has 0 saturated carbocycles. The molecule has 1 amide bonds. The molecule has 1 fully saturated rings. The lowest BCUT2D eigenvalue weighted by Gasteiger charge is -2.37. The van der Waals surface area contributed by atoms with Gasteiger partial charge in [0.2, 0.25) is 0 Å². The zero-order valence-electron chi connectivity index (χ0n) is 17.2. The predicted molar refractivity (Wildman–Crippen MR) is 113 cm³/mol. The summed E-state index contributed by atoms with van der Waals surface area (Å²) in [4.78, 5) is 22.1. The Labute approximate surface area is 166 Å². The van der Waals surface area contributed by atoms with Crippen LogP contribution in [0.3, 0.4) is 0 Å². The van der Waals surface area contributed by atoms with Crippen molar-refractivity contribution < 1.29 is 4.79 Å². The fourth-order valence-corrected chi connectivity index (χ4v) is 4.08. The second-order valence-corrected chi connectivity index (χ2v) is 7.64. The fourth-order valence-electron chi connectivity index (χ4n) is 4.08. The van der Waals surface area contributed by atoms with Gasteiger partial charge in [-0.25, -0.2) is 4.98 Å². The van der Waals surface area contributed by atoms with E-state index in [0.29, 0.717) is 0 Å². The minimum atomic E-state index is 0.105. The molecule has 0 spiro atoms. The van der Waals surface area contributed by atoms with Crippen LogP contribution >= 0.6 is 0 Å². The molecule has 0 aliphatic carbocycles. The molecule has 5 nitrogen and oxygen atoms in total. The Morgan fingerprint density at radius 3 is 2.50 bits per heavy atom. The van der Waals surface area contributed by atoms with Crippen molar-refractivity contribution in [3.8, 4) is 0 Å². The molecule has 1 aliphatic rings. The zero-order valence-corrected chi connectivity index (χ0v) is 17.2. The second kappa shape index (κ2) is 7.30. The van der Waals surface area contributed by atoms with Crippen LogP contribution < -0.4 is 4.90 Å². The van der Waals surface area contributed by atoms with Gasteiger partial charge in [-0.3, -0.25) is 4.79 Å². The monoisotopic (exact) mass is 376 g/mol. The predicted octanol–water partition coefficient (Wildman–Crippen LogP) is 3.78. The van der Waals surface area contributed by atoms with Crippen molar-refractivity contribution in [2.45, 2.75) is 34.1 Å². The number of imidazole rings is 1. The fraction of sp³-hybridized carbons (Fsp3) is 0.391. The van der Waals surface area contributed by atoms with Crippen molar-refractivity contribution in [1.29, 1.82) is 0 Å². The number of hydrogen-bond donors (Lipinski definition) is 0. The standard InChI is InChI=1S/C23H28N4O/c1-5-20-18(4)27-15-19(9-10-22(27)24-20)23(28)26-13-11-25(12-14-26)21-8-6-7-16(2)17(21)3/h6-10,15H,5,11-14H2,1-4H3. The van der Waals surface area contributed by atoms with E-state index in [9.17, 15) is 4.79 Å². The van der Waals surface area contributed by atoms with E-state index in [1.54, 1.807) is 0 Å². The maximum atomic E-state index is 13.1. The van der Waals surface area contributed by atoms with E-state index < -0.39 is 0 Å². The average molecular weight is 377 g/mol. The molecule has 5 heteroatoms. The number of aryl methyl sites for hydroxylation is 3. The molecule has 0 radical (unpaired) electrons. The molecule has 3 heterocycles. The Balaban J connectivity index is 1.50. The lowest BCUT2D eigenvalue weighted by Crippen LogP contribution is -2.49. The summed E-state index contributed by atoms with van der Waals surface area (Å²) in [5, 5.41) is 0. The molecule has 2 aromatic heterocycles. The van der Waals surface area contributed by atoms with Crippen molar-refractivity contribution in [1.82, 2.24) is 14.3 Å². The molecule has 3 aromatic rings. The SMILES string of the molecule is CCc1nc2ccc(C(=O)N3CCN(c4cccc(C)c4C)CC3)cn2c1C. The van der Waals surface area contributed by atoms with Crippen molar-refractivity contribution >= 4 is 17.2 Å². The van der Waals surface area contributed by atoms with Gasteiger partial charge in [-0.05, 0) is 56.5 Å². The van der Waals surface area contributed by atoms with Gasteiger partial charge in [0.15, 0.2) is 0 Å². The van der Waals surface area contributed by atoms with Crippen LogP contribution in [0.1, 0.15) is 39.8 Å². The van der Waals surface area contributed by atoms with E-state index in [4.69, 9.17) is 0 Å². The number of carbonyl (C=O) groups excluding carboxylic acids is 1. The third-order valence-corrected chi connectivity index (χ3v) is 6.02. The first-order valence-electron chi connectivity index (χ1n) is 10.1. The Morgan fingerprint density at radius 1 is 1.04 bits per heavy atom. The topological polar surface area (TPSA) is 40.9 Å². The van der Waals surface area contributed by atoms with Crippen LogP contribution in [-0.4, -0.2) is 46.4 Å². The summed E-state index contributed by atoms with van der Waals surface area (Å²) in [5.74, 6) is 0.105. The van der Waals surface area contributed by atoms with Crippen molar-refractivity contribution in [2.24, 2.45) is 0 Å². The molecule has 0 atom stereocenters. The minimum absolute atomic E-state index is 0.105. The van der Waals surface area contributed by atoms with Gasteiger partial charge < -0.3 is 14.2 Å². The van der Waals surface area contributed by atoms with E-state index in [0.717, 1.165) is 55.2 Å². The number of hydrogen-bond acceptors (Lipinski definition) is 3. The quantitative estimate of drug-likeness (QED) is 0.698. The van der Waals surface area contributed by atoms with Crippen molar-refractivity contribution in [2.75, 3.05) is 31.1 Å². The third-order valence-electron chi connectivity index (χ3n) is 6.02. The van der Waals surface area contributed by atoms with Crippen LogP contribution in [0, 0.1) is 20.8 Å². The summed E-state index contributed by atoms with van der Waals surface area (Å²) in [5.41, 5.74) is 7.77. The van der Waals surface area contributed by atoms with Gasteiger partial charge >= 0.3 is 0 Å². The molecule has 0 unspecified atom stereocenters. The first-order chi connectivity index (χ1) is 13.5. The number of nitrogens with zero attached hydrogens (tertiary/aromatic N) is 4. The lowest BCUT2D eigenvalue weighted by molar-refractivity contribution is 0.0746. The first-order valence-corrected chi connectivity index (χ1v) is 10.1. The van der Waals surface area contributed by atoms with E-state index in [-0.39, 0.29) is 5.91 Å². The highest BCUT2D eigenvalue weighted by atomic mass is 16.2. The summed E-state index contributed by atoms with van der Waals surface area (Å²) in [6.45, 7) is 11.7. The van der Waals surface area contributed by atoms with Crippen LogP contribution in [0.5, 0.6) is 0 Å². The number of piperazine rings is 1. The average Bonchev–Trinajstić information content (AvgIpc) is 3.05. The van der Waals surface area contributed by atoms with Gasteiger partial charge in [0.25, 0.3) is 5.91 Å². The van der Waals surface area contributed by atoms with Gasteiger partial charge in [0.1, 0.15) is 5.65 Å². The van der Waals surface area contributed by atoms with E-state index in [1.807, 2.05) is 27.6 Å². The molecule has 0 bridgehead atoms. The summed E-state index contributed by atoms with van der Waals surface area (Å²) >= 11 is 0. The smallest absolute Gasteiger partial charge is 0.255 e. The molecule has 28 heavy (non-hydrogen) atoms. The minimum Gasteiger partial charge on any atom is -0.368 e. The molecule has 1 saturated heterocycles. The second-order valence-electron chi connectivity index (χ2n) is 7.64. The van der Waals surface area contributed by atoms with E-state index in [2.05, 4.69) is 55.8 Å². The molecule has 0 N–H and O–H groups in total. The van der Waals surface area contributed by atoms with E-state index in [1.165, 1.54) is 16.8 Å². The Bertz CT molecular complexity index is 1030. The van der Waals surface area contributed by atoms with Crippen molar-refractivity contribution in [3.63, 3.8) is 0 Å². The number of amides is 1. The number of anilines is 1. The zero-order chi connectivity index (χ0) is 19.8. The Kier molecular flexibility index (Phi) is 4.84. The number of carbonyl (C=O) groups is 1. The van der Waals surface area contributed by atoms with Crippen LogP contribution in [-0.2, 0) is 6.42 Å². The number of pyridine rings is 1. The summed E-state index contributed by atoms with van der Waals surface area (Å²) in [7, 11) is 0. The van der Waals surface area contributed by atoms with Gasteiger partial charge in [-0.1, -0.05) is 19.1 Å². The van der Waals surface area contributed by atoms with Crippen LogP contribution in [0.2, 0.25) is 0 Å². The first kappa shape index (κ1) is 18.5. The molecule has 146 valence electrons. The maximum Gasteiger partial charge on any atom is 0.255 e. The van der Waals surface area contributed by atoms with Crippen molar-refractivity contribution in [3.05, 3.63) is 64.6 Å². The highest BCUT2D eigenvalue weighted by Gasteiger charge is 2.23. The van der Waals surface area contributed by atoms with Crippen LogP contribution in [0.15, 0.2) is 36.5 Å². The van der Waals surface area contributed by atoms with Gasteiger partial charge in [-0.15, -0.1) is 0 Å². The van der Waals surface area contributed by atoms with E-state index >= 15 is 0 Å². The van der Waals surface area contributed by atoms with Crippen LogP contribution in [0.4, 0.5) is 5.69 Å². The maximum absolute atomic E-state index is 13.1. The number of aromatic nitrogens is 2. The largest absolute Gasteiger partial charge is 0.368 e. The number of benzene rings is 1. The Morgan fingerprint density at radius 2 is 1.79 bits per heavy atom. The van der Waals surface area contributed by atoms with Crippen LogP contribution in [0.25, 0.3) is 5.65 Å². The normalized spacial score (nSPS) is 14.7. The van der Waals surface area contributed by atoms with Gasteiger partial charge in [-0.2, -0.15) is 0 Å². The molecular weight excluding hydrogens is 348 g/mol. The third kappa shape index (κ3) is 3.15. The highest BCUT2D eigenvalue weighted by molar-refractivity contribution is 5.94. The molecule has 4 rings (SSSR count). The summed E-state index contributed by atoms with van der Waals surface area (Å²) in [6.07, 6.45) is 2.84. The number of fused-ring (bicyclic) bond motifs is 1. The molecule has 1 aromatic carbocycles. The summed E-state index contributed by atoms with van der Waals surface area (Å²) in [6, 6.07) is 10.3. The Hall–Kier alpha value is -2.82.